The van der Waals surface area contributed by atoms with Crippen LogP contribution >= 0.6 is 0 Å². The van der Waals surface area contributed by atoms with Crippen molar-refractivity contribution in [2.45, 2.75) is 6.54 Å². The summed E-state index contributed by atoms with van der Waals surface area (Å²) in [5.74, 6) is -1.91. The standard InChI is InChI=1S/C11H9N5O5/c17-10(4-15-6-12-5-13-15)14-9-2-1-7(16(20)21)3-8(9)11(18)19/h1-3,5-6H,4H2,(H,14,17)(H,18,19). The van der Waals surface area contributed by atoms with E-state index < -0.39 is 16.8 Å². The normalized spacial score (nSPS) is 10.1. The zero-order valence-corrected chi connectivity index (χ0v) is 10.5. The van der Waals surface area contributed by atoms with Crippen LogP contribution in [0.1, 0.15) is 10.4 Å². The maximum absolute atomic E-state index is 11.7. The summed E-state index contributed by atoms with van der Waals surface area (Å²) in [5.41, 5.74) is -0.768. The van der Waals surface area contributed by atoms with Crippen molar-refractivity contribution in [1.29, 1.82) is 0 Å². The third-order valence-corrected chi connectivity index (χ3v) is 2.49. The summed E-state index contributed by atoms with van der Waals surface area (Å²) in [5, 5.41) is 25.8. The van der Waals surface area contributed by atoms with Gasteiger partial charge in [-0.1, -0.05) is 0 Å². The number of nitrogens with one attached hydrogen (secondary N) is 1. The largest absolute Gasteiger partial charge is 0.478 e. The smallest absolute Gasteiger partial charge is 0.338 e. The van der Waals surface area contributed by atoms with Gasteiger partial charge in [-0.2, -0.15) is 5.10 Å². The molecule has 10 nitrogen and oxygen atoms in total. The predicted molar refractivity (Wildman–Crippen MR) is 68.7 cm³/mol. The quantitative estimate of drug-likeness (QED) is 0.604. The van der Waals surface area contributed by atoms with Gasteiger partial charge in [0.15, 0.2) is 0 Å². The number of nitrogens with zero attached hydrogens (tertiary/aromatic N) is 4. The summed E-state index contributed by atoms with van der Waals surface area (Å²) >= 11 is 0. The van der Waals surface area contributed by atoms with Gasteiger partial charge < -0.3 is 10.4 Å². The summed E-state index contributed by atoms with van der Waals surface area (Å²) in [4.78, 5) is 36.4. The molecule has 2 aromatic rings. The molecule has 0 aliphatic heterocycles. The molecule has 10 heteroatoms. The first kappa shape index (κ1) is 14.1. The van der Waals surface area contributed by atoms with E-state index in [-0.39, 0.29) is 23.5 Å². The lowest BCUT2D eigenvalue weighted by molar-refractivity contribution is -0.384. The number of amides is 1. The van der Waals surface area contributed by atoms with Gasteiger partial charge in [0.25, 0.3) is 5.69 Å². The zero-order valence-electron chi connectivity index (χ0n) is 10.5. The van der Waals surface area contributed by atoms with Gasteiger partial charge in [-0.3, -0.25) is 14.9 Å². The highest BCUT2D eigenvalue weighted by molar-refractivity contribution is 6.01. The van der Waals surface area contributed by atoms with Gasteiger partial charge in [0.1, 0.15) is 19.2 Å². The molecule has 21 heavy (non-hydrogen) atoms. The molecular weight excluding hydrogens is 282 g/mol. The lowest BCUT2D eigenvalue weighted by atomic mass is 10.1. The third-order valence-electron chi connectivity index (χ3n) is 2.49. The van der Waals surface area contributed by atoms with Crippen molar-refractivity contribution in [3.63, 3.8) is 0 Å². The molecule has 1 heterocycles. The Morgan fingerprint density at radius 1 is 1.43 bits per heavy atom. The first-order valence-corrected chi connectivity index (χ1v) is 5.61. The van der Waals surface area contributed by atoms with Gasteiger partial charge in [0, 0.05) is 12.1 Å². The van der Waals surface area contributed by atoms with E-state index >= 15 is 0 Å². The fraction of sp³-hybridized carbons (Fsp3) is 0.0909. The Bertz CT molecular complexity index is 697. The number of nitro groups is 1. The molecule has 0 spiro atoms. The predicted octanol–water partition coefficient (Wildman–Crippen LogP) is 0.523. The van der Waals surface area contributed by atoms with Crippen LogP contribution in [-0.2, 0) is 11.3 Å². The lowest BCUT2D eigenvalue weighted by Gasteiger charge is -2.08. The molecule has 0 fully saturated rings. The number of aromatic nitrogens is 3. The average molecular weight is 291 g/mol. The van der Waals surface area contributed by atoms with Crippen LogP contribution in [0.2, 0.25) is 0 Å². The summed E-state index contributed by atoms with van der Waals surface area (Å²) < 4.78 is 1.25. The maximum atomic E-state index is 11.7. The Morgan fingerprint density at radius 3 is 2.76 bits per heavy atom. The van der Waals surface area contributed by atoms with Crippen LogP contribution in [0.5, 0.6) is 0 Å². The van der Waals surface area contributed by atoms with Crippen molar-refractivity contribution in [1.82, 2.24) is 14.8 Å². The van der Waals surface area contributed by atoms with E-state index in [1.165, 1.54) is 23.4 Å². The second-order valence-electron chi connectivity index (χ2n) is 3.93. The van der Waals surface area contributed by atoms with Crippen LogP contribution in [-0.4, -0.2) is 36.7 Å². The van der Waals surface area contributed by atoms with E-state index in [2.05, 4.69) is 15.4 Å². The molecule has 1 aromatic heterocycles. The van der Waals surface area contributed by atoms with Crippen LogP contribution in [0, 0.1) is 10.1 Å². The number of carbonyl (C=O) groups is 2. The molecular formula is C11H9N5O5. The van der Waals surface area contributed by atoms with Gasteiger partial charge in [0.2, 0.25) is 5.91 Å². The van der Waals surface area contributed by atoms with E-state index in [1.807, 2.05) is 0 Å². The van der Waals surface area contributed by atoms with E-state index in [9.17, 15) is 19.7 Å². The Labute approximate surface area is 117 Å². The summed E-state index contributed by atoms with van der Waals surface area (Å²) in [6.07, 6.45) is 2.58. The number of carbonyl (C=O) groups excluding carboxylic acids is 1. The Hall–Kier alpha value is -3.30. The molecule has 1 aromatic carbocycles. The number of rotatable bonds is 5. The van der Waals surface area contributed by atoms with Crippen LogP contribution < -0.4 is 5.32 Å². The molecule has 1 amide bonds. The van der Waals surface area contributed by atoms with E-state index in [4.69, 9.17) is 5.11 Å². The van der Waals surface area contributed by atoms with Crippen LogP contribution in [0.3, 0.4) is 0 Å². The van der Waals surface area contributed by atoms with Gasteiger partial charge in [-0.15, -0.1) is 0 Å². The molecule has 2 N–H and O–H groups in total. The number of aromatic carboxylic acids is 1. The number of carboxylic acid groups (broad SMARTS) is 1. The highest BCUT2D eigenvalue weighted by Gasteiger charge is 2.17. The summed E-state index contributed by atoms with van der Waals surface area (Å²) in [6.45, 7) is -0.157. The van der Waals surface area contributed by atoms with Crippen LogP contribution in [0.15, 0.2) is 30.9 Å². The number of benzene rings is 1. The number of hydrogen-bond donors (Lipinski definition) is 2. The minimum atomic E-state index is -1.38. The van der Waals surface area contributed by atoms with E-state index in [1.54, 1.807) is 0 Å². The number of nitro benzene ring substituents is 1. The molecule has 0 saturated carbocycles. The highest BCUT2D eigenvalue weighted by atomic mass is 16.6. The number of non-ortho nitro benzene ring substituents is 1. The lowest BCUT2D eigenvalue weighted by Crippen LogP contribution is -2.20. The fourth-order valence-electron chi connectivity index (χ4n) is 1.58. The van der Waals surface area contributed by atoms with E-state index in [0.29, 0.717) is 0 Å². The topological polar surface area (TPSA) is 140 Å². The van der Waals surface area contributed by atoms with Crippen molar-refractivity contribution in [3.8, 4) is 0 Å². The third kappa shape index (κ3) is 3.37. The van der Waals surface area contributed by atoms with Gasteiger partial charge >= 0.3 is 5.97 Å². The molecule has 0 unspecified atom stereocenters. The Balaban J connectivity index is 2.21. The average Bonchev–Trinajstić information content (AvgIpc) is 2.91. The van der Waals surface area contributed by atoms with E-state index in [0.717, 1.165) is 12.1 Å². The Kier molecular flexibility index (Phi) is 3.88. The minimum Gasteiger partial charge on any atom is -0.478 e. The molecule has 0 radical (unpaired) electrons. The first-order valence-electron chi connectivity index (χ1n) is 5.61. The molecule has 2 rings (SSSR count). The maximum Gasteiger partial charge on any atom is 0.338 e. The van der Waals surface area contributed by atoms with Crippen molar-refractivity contribution in [2.75, 3.05) is 5.32 Å². The second-order valence-corrected chi connectivity index (χ2v) is 3.93. The second kappa shape index (κ2) is 5.77. The number of hydrogen-bond acceptors (Lipinski definition) is 6. The van der Waals surface area contributed by atoms with Crippen LogP contribution in [0.4, 0.5) is 11.4 Å². The number of anilines is 1. The van der Waals surface area contributed by atoms with Crippen molar-refractivity contribution in [3.05, 3.63) is 46.5 Å². The minimum absolute atomic E-state index is 0.0294. The molecule has 0 aliphatic carbocycles. The molecule has 0 bridgehead atoms. The van der Waals surface area contributed by atoms with Crippen molar-refractivity contribution < 1.29 is 19.6 Å². The SMILES string of the molecule is O=C(Cn1cncn1)Nc1ccc([N+](=O)[O-])cc1C(=O)O. The molecule has 0 atom stereocenters. The van der Waals surface area contributed by atoms with Gasteiger partial charge in [-0.25, -0.2) is 14.5 Å². The zero-order chi connectivity index (χ0) is 15.4. The molecule has 0 aliphatic rings. The fourth-order valence-corrected chi connectivity index (χ4v) is 1.58. The first-order chi connectivity index (χ1) is 9.97. The summed E-state index contributed by atoms with van der Waals surface area (Å²) in [6, 6.07) is 3.16. The monoisotopic (exact) mass is 291 g/mol. The molecule has 108 valence electrons. The van der Waals surface area contributed by atoms with Crippen molar-refractivity contribution in [2.24, 2.45) is 0 Å². The van der Waals surface area contributed by atoms with Gasteiger partial charge in [-0.05, 0) is 6.07 Å². The highest BCUT2D eigenvalue weighted by Crippen LogP contribution is 2.22. The summed E-state index contributed by atoms with van der Waals surface area (Å²) in [7, 11) is 0. The number of carboxylic acids is 1. The van der Waals surface area contributed by atoms with Crippen molar-refractivity contribution >= 4 is 23.3 Å². The Morgan fingerprint density at radius 2 is 2.19 bits per heavy atom. The van der Waals surface area contributed by atoms with Crippen LogP contribution in [0.25, 0.3) is 0 Å². The molecule has 0 saturated heterocycles. The van der Waals surface area contributed by atoms with Gasteiger partial charge in [0.05, 0.1) is 16.2 Å².